The van der Waals surface area contributed by atoms with E-state index in [4.69, 9.17) is 4.74 Å². The third-order valence-electron chi connectivity index (χ3n) is 4.25. The van der Waals surface area contributed by atoms with Gasteiger partial charge in [-0.1, -0.05) is 12.1 Å². The number of carbonyl (C=O) groups is 1. The molecule has 7 nitrogen and oxygen atoms in total. The third-order valence-corrected chi connectivity index (χ3v) is 5.44. The van der Waals surface area contributed by atoms with Gasteiger partial charge in [0.25, 0.3) is 5.91 Å². The predicted octanol–water partition coefficient (Wildman–Crippen LogP) is 2.08. The Hall–Kier alpha value is -2.33. The summed E-state index contributed by atoms with van der Waals surface area (Å²) < 4.78 is 60.2. The van der Waals surface area contributed by atoms with Crippen LogP contribution in [0.25, 0.3) is 0 Å². The monoisotopic (exact) mass is 399 g/mol. The molecule has 0 unspecified atom stereocenters. The molecule has 10 heteroatoms. The molecule has 2 aromatic rings. The minimum absolute atomic E-state index is 0.0726. The van der Waals surface area contributed by atoms with Crippen LogP contribution >= 0.6 is 0 Å². The lowest BCUT2D eigenvalue weighted by atomic mass is 10.1. The summed E-state index contributed by atoms with van der Waals surface area (Å²) in [6.07, 6.45) is 1.31. The van der Waals surface area contributed by atoms with E-state index in [1.54, 1.807) is 6.92 Å². The topological polar surface area (TPSA) is 90.3 Å². The molecule has 146 valence electrons. The van der Waals surface area contributed by atoms with E-state index in [1.165, 1.54) is 16.8 Å². The number of aromatic nitrogens is 2. The minimum atomic E-state index is -4.23. The van der Waals surface area contributed by atoms with Gasteiger partial charge in [0.15, 0.2) is 11.6 Å². The Morgan fingerprint density at radius 2 is 2.04 bits per heavy atom. The molecule has 0 aliphatic carbocycles. The van der Waals surface area contributed by atoms with E-state index < -0.39 is 33.3 Å². The number of nitrogens with zero attached hydrogens (tertiary/aromatic N) is 2. The zero-order valence-electron chi connectivity index (χ0n) is 14.6. The Morgan fingerprint density at radius 1 is 1.33 bits per heavy atom. The first kappa shape index (κ1) is 19.4. The van der Waals surface area contributed by atoms with Crippen molar-refractivity contribution in [3.05, 3.63) is 52.9 Å². The first-order chi connectivity index (χ1) is 12.8. The Kier molecular flexibility index (Phi) is 5.56. The van der Waals surface area contributed by atoms with Crippen LogP contribution in [0.3, 0.4) is 0 Å². The number of benzene rings is 1. The van der Waals surface area contributed by atoms with Gasteiger partial charge >= 0.3 is 0 Å². The van der Waals surface area contributed by atoms with Crippen molar-refractivity contribution in [3.63, 3.8) is 0 Å². The number of carbonyl (C=O) groups excluding carboxylic acids is 1. The molecule has 1 saturated heterocycles. The fraction of sp³-hybridized carbons (Fsp3) is 0.412. The summed E-state index contributed by atoms with van der Waals surface area (Å²) in [6.45, 7) is 2.76. The average Bonchev–Trinajstić information content (AvgIpc) is 3.01. The van der Waals surface area contributed by atoms with E-state index in [0.29, 0.717) is 31.7 Å². The van der Waals surface area contributed by atoms with Crippen molar-refractivity contribution in [3.8, 4) is 0 Å². The lowest BCUT2D eigenvalue weighted by Crippen LogP contribution is -2.34. The largest absolute Gasteiger partial charge is 0.381 e. The fourth-order valence-electron chi connectivity index (χ4n) is 2.99. The maximum absolute atomic E-state index is 13.7. The Balaban J connectivity index is 1.79. The first-order valence-electron chi connectivity index (χ1n) is 8.38. The standard InChI is InChI=1S/C17H19F2N3O4S/c1-11-9-15(22(20-11)13-5-7-26-8-6-13)17(23)21-27(24,25)10-12-3-2-4-14(18)16(12)19/h2-4,9,13H,5-8,10H2,1H3,(H,21,23). The second-order valence-corrected chi connectivity index (χ2v) is 8.08. The quantitative estimate of drug-likeness (QED) is 0.831. The van der Waals surface area contributed by atoms with E-state index in [9.17, 15) is 22.0 Å². The molecular weight excluding hydrogens is 380 g/mol. The van der Waals surface area contributed by atoms with Gasteiger partial charge in [0, 0.05) is 18.8 Å². The highest BCUT2D eigenvalue weighted by Crippen LogP contribution is 2.23. The number of ether oxygens (including phenoxy) is 1. The summed E-state index contributed by atoms with van der Waals surface area (Å²) in [5, 5.41) is 4.29. The van der Waals surface area contributed by atoms with E-state index in [0.717, 1.165) is 12.1 Å². The van der Waals surface area contributed by atoms with E-state index in [1.807, 2.05) is 4.72 Å². The van der Waals surface area contributed by atoms with Crippen molar-refractivity contribution < 1.29 is 26.7 Å². The second kappa shape index (κ2) is 7.73. The van der Waals surface area contributed by atoms with Crippen molar-refractivity contribution in [2.75, 3.05) is 13.2 Å². The highest BCUT2D eigenvalue weighted by atomic mass is 32.2. The van der Waals surface area contributed by atoms with Gasteiger partial charge < -0.3 is 4.74 Å². The van der Waals surface area contributed by atoms with Crippen molar-refractivity contribution in [2.45, 2.75) is 31.6 Å². The highest BCUT2D eigenvalue weighted by Gasteiger charge is 2.26. The molecule has 0 atom stereocenters. The maximum Gasteiger partial charge on any atom is 0.283 e. The molecule has 1 amide bonds. The first-order valence-corrected chi connectivity index (χ1v) is 10.0. The van der Waals surface area contributed by atoms with Crippen molar-refractivity contribution in [1.29, 1.82) is 0 Å². The number of halogens is 2. The van der Waals surface area contributed by atoms with Crippen molar-refractivity contribution in [1.82, 2.24) is 14.5 Å². The zero-order chi connectivity index (χ0) is 19.6. The van der Waals surface area contributed by atoms with Crippen LogP contribution in [-0.4, -0.2) is 37.3 Å². The number of sulfonamides is 1. The molecule has 3 rings (SSSR count). The number of nitrogens with one attached hydrogen (secondary N) is 1. The Labute approximate surface area is 155 Å². The van der Waals surface area contributed by atoms with Crippen LogP contribution in [0.15, 0.2) is 24.3 Å². The van der Waals surface area contributed by atoms with Crippen LogP contribution < -0.4 is 4.72 Å². The SMILES string of the molecule is Cc1cc(C(=O)NS(=O)(=O)Cc2cccc(F)c2F)n(C2CCOCC2)n1. The van der Waals surface area contributed by atoms with Crippen LogP contribution in [0.5, 0.6) is 0 Å². The van der Waals surface area contributed by atoms with Crippen molar-refractivity contribution >= 4 is 15.9 Å². The van der Waals surface area contributed by atoms with Crippen LogP contribution in [0, 0.1) is 18.6 Å². The summed E-state index contributed by atoms with van der Waals surface area (Å²) in [7, 11) is -4.23. The maximum atomic E-state index is 13.7. The molecule has 1 fully saturated rings. The van der Waals surface area contributed by atoms with Gasteiger partial charge in [0.1, 0.15) is 5.69 Å². The molecule has 27 heavy (non-hydrogen) atoms. The van der Waals surface area contributed by atoms with Gasteiger partial charge in [-0.2, -0.15) is 5.10 Å². The molecular formula is C17H19F2N3O4S. The molecule has 0 saturated carbocycles. The highest BCUT2D eigenvalue weighted by molar-refractivity contribution is 7.89. The molecule has 0 spiro atoms. The lowest BCUT2D eigenvalue weighted by Gasteiger charge is -2.23. The van der Waals surface area contributed by atoms with Gasteiger partial charge in [-0.15, -0.1) is 0 Å². The van der Waals surface area contributed by atoms with Gasteiger partial charge in [0.05, 0.1) is 17.5 Å². The van der Waals surface area contributed by atoms with E-state index >= 15 is 0 Å². The summed E-state index contributed by atoms with van der Waals surface area (Å²) in [5.41, 5.74) is 0.312. The normalized spacial score (nSPS) is 15.7. The molecule has 0 bridgehead atoms. The summed E-state index contributed by atoms with van der Waals surface area (Å²) in [6, 6.07) is 4.66. The Morgan fingerprint density at radius 3 is 2.74 bits per heavy atom. The third kappa shape index (κ3) is 4.51. The molecule has 2 heterocycles. The van der Waals surface area contributed by atoms with Crippen molar-refractivity contribution in [2.24, 2.45) is 0 Å². The summed E-state index contributed by atoms with van der Waals surface area (Å²) in [4.78, 5) is 12.5. The van der Waals surface area contributed by atoms with E-state index in [2.05, 4.69) is 5.10 Å². The number of rotatable bonds is 5. The van der Waals surface area contributed by atoms with Crippen LogP contribution in [0.1, 0.15) is 40.6 Å². The number of aryl methyl sites for hydroxylation is 1. The zero-order valence-corrected chi connectivity index (χ0v) is 15.4. The second-order valence-electron chi connectivity index (χ2n) is 6.36. The van der Waals surface area contributed by atoms with Crippen LogP contribution in [0.2, 0.25) is 0 Å². The smallest absolute Gasteiger partial charge is 0.283 e. The molecule has 1 aromatic heterocycles. The van der Waals surface area contributed by atoms with Gasteiger partial charge in [0.2, 0.25) is 10.0 Å². The number of hydrogen-bond donors (Lipinski definition) is 1. The number of hydrogen-bond acceptors (Lipinski definition) is 5. The molecule has 0 radical (unpaired) electrons. The van der Waals surface area contributed by atoms with Gasteiger partial charge in [-0.05, 0) is 31.9 Å². The molecule has 1 N–H and O–H groups in total. The van der Waals surface area contributed by atoms with E-state index in [-0.39, 0.29) is 17.3 Å². The summed E-state index contributed by atoms with van der Waals surface area (Å²) in [5.74, 6) is -4.12. The average molecular weight is 399 g/mol. The van der Waals surface area contributed by atoms with Gasteiger partial charge in [-0.25, -0.2) is 21.9 Å². The molecule has 1 aliphatic heterocycles. The Bertz CT molecular complexity index is 953. The lowest BCUT2D eigenvalue weighted by molar-refractivity contribution is 0.0643. The van der Waals surface area contributed by atoms with Crippen LogP contribution in [0.4, 0.5) is 8.78 Å². The minimum Gasteiger partial charge on any atom is -0.381 e. The number of amides is 1. The molecule has 1 aromatic carbocycles. The summed E-state index contributed by atoms with van der Waals surface area (Å²) >= 11 is 0. The molecule has 1 aliphatic rings. The predicted molar refractivity (Wildman–Crippen MR) is 92.5 cm³/mol. The van der Waals surface area contributed by atoms with Gasteiger partial charge in [-0.3, -0.25) is 9.48 Å². The fourth-order valence-corrected chi connectivity index (χ4v) is 4.08. The van der Waals surface area contributed by atoms with Crippen LogP contribution in [-0.2, 0) is 20.5 Å².